The van der Waals surface area contributed by atoms with Gasteiger partial charge in [0.05, 0.1) is 11.8 Å². The highest BCUT2D eigenvalue weighted by atomic mass is 32.2. The summed E-state index contributed by atoms with van der Waals surface area (Å²) in [7, 11) is 0. The third-order valence-corrected chi connectivity index (χ3v) is 5.52. The lowest BCUT2D eigenvalue weighted by molar-refractivity contribution is -0.119. The van der Waals surface area contributed by atoms with Crippen LogP contribution in [0.2, 0.25) is 0 Å². The van der Waals surface area contributed by atoms with Gasteiger partial charge >= 0.3 is 0 Å². The summed E-state index contributed by atoms with van der Waals surface area (Å²) >= 11 is 1.24. The molecule has 6 heteroatoms. The van der Waals surface area contributed by atoms with E-state index in [-0.39, 0.29) is 17.7 Å². The summed E-state index contributed by atoms with van der Waals surface area (Å²) in [6, 6.07) is 22.1. The molecule has 29 heavy (non-hydrogen) atoms. The van der Waals surface area contributed by atoms with Crippen LogP contribution in [-0.4, -0.2) is 21.9 Å². The van der Waals surface area contributed by atoms with Gasteiger partial charge in [-0.15, -0.1) is 10.2 Å². The number of amides is 1. The quantitative estimate of drug-likeness (QED) is 0.450. The van der Waals surface area contributed by atoms with Crippen LogP contribution in [0.3, 0.4) is 0 Å². The van der Waals surface area contributed by atoms with E-state index in [0.29, 0.717) is 11.1 Å². The van der Waals surface area contributed by atoms with Gasteiger partial charge in [0, 0.05) is 5.56 Å². The molecule has 4 rings (SSSR count). The number of aromatic nitrogens is 2. The average molecular weight is 404 g/mol. The maximum Gasteiger partial charge on any atom is 0.277 e. The molecular formula is C23H21N3O2S. The van der Waals surface area contributed by atoms with Gasteiger partial charge in [-0.25, -0.2) is 0 Å². The van der Waals surface area contributed by atoms with Crippen molar-refractivity contribution in [2.75, 3.05) is 5.75 Å². The van der Waals surface area contributed by atoms with Crippen LogP contribution in [0.1, 0.15) is 24.1 Å². The Balaban J connectivity index is 1.37. The minimum Gasteiger partial charge on any atom is -0.411 e. The lowest BCUT2D eigenvalue weighted by Gasteiger charge is -2.16. The second-order valence-electron chi connectivity index (χ2n) is 6.89. The van der Waals surface area contributed by atoms with Crippen LogP contribution in [0.25, 0.3) is 22.2 Å². The Hall–Kier alpha value is -3.12. The average Bonchev–Trinajstić information content (AvgIpc) is 3.21. The van der Waals surface area contributed by atoms with Crippen molar-refractivity contribution in [1.29, 1.82) is 0 Å². The van der Waals surface area contributed by atoms with Crippen molar-refractivity contribution in [1.82, 2.24) is 15.5 Å². The van der Waals surface area contributed by atoms with E-state index < -0.39 is 0 Å². The van der Waals surface area contributed by atoms with Gasteiger partial charge in [0.15, 0.2) is 0 Å². The number of rotatable bonds is 6. The van der Waals surface area contributed by atoms with Crippen molar-refractivity contribution in [2.45, 2.75) is 25.1 Å². The smallest absolute Gasteiger partial charge is 0.277 e. The zero-order valence-electron chi connectivity index (χ0n) is 16.3. The van der Waals surface area contributed by atoms with Crippen molar-refractivity contribution < 1.29 is 9.21 Å². The Morgan fingerprint density at radius 1 is 1.03 bits per heavy atom. The van der Waals surface area contributed by atoms with E-state index in [1.807, 2.05) is 62.4 Å². The second kappa shape index (κ2) is 8.49. The minimum absolute atomic E-state index is 0.0782. The molecule has 1 N–H and O–H groups in total. The SMILES string of the molecule is Cc1ccc(-c2nnc(SCC(=O)N[C@@H](C)c3cccc4ccccc34)o2)cc1. The van der Waals surface area contributed by atoms with Gasteiger partial charge in [0.1, 0.15) is 0 Å². The van der Waals surface area contributed by atoms with Gasteiger partial charge in [-0.1, -0.05) is 71.9 Å². The Morgan fingerprint density at radius 2 is 1.79 bits per heavy atom. The van der Waals surface area contributed by atoms with Crippen LogP contribution in [-0.2, 0) is 4.79 Å². The van der Waals surface area contributed by atoms with Crippen LogP contribution < -0.4 is 5.32 Å². The van der Waals surface area contributed by atoms with Crippen molar-refractivity contribution in [3.63, 3.8) is 0 Å². The fraction of sp³-hybridized carbons (Fsp3) is 0.174. The number of fused-ring (bicyclic) bond motifs is 1. The summed E-state index contributed by atoms with van der Waals surface area (Å²) in [6.45, 7) is 4.02. The van der Waals surface area contributed by atoms with Crippen molar-refractivity contribution in [3.8, 4) is 11.5 Å². The van der Waals surface area contributed by atoms with Gasteiger partial charge in [-0.3, -0.25) is 4.79 Å². The molecule has 0 saturated carbocycles. The molecule has 0 aliphatic heterocycles. The third kappa shape index (κ3) is 4.49. The van der Waals surface area contributed by atoms with Crippen molar-refractivity contribution in [3.05, 3.63) is 77.9 Å². The summed E-state index contributed by atoms with van der Waals surface area (Å²) in [6.07, 6.45) is 0. The van der Waals surface area contributed by atoms with E-state index in [0.717, 1.165) is 21.9 Å². The number of carbonyl (C=O) groups is 1. The summed E-state index contributed by atoms with van der Waals surface area (Å²) < 4.78 is 5.67. The highest BCUT2D eigenvalue weighted by molar-refractivity contribution is 7.99. The van der Waals surface area contributed by atoms with Crippen LogP contribution >= 0.6 is 11.8 Å². The molecule has 1 aromatic heterocycles. The molecule has 0 radical (unpaired) electrons. The summed E-state index contributed by atoms with van der Waals surface area (Å²) in [4.78, 5) is 12.4. The Morgan fingerprint density at radius 3 is 2.62 bits per heavy atom. The molecule has 0 aliphatic carbocycles. The van der Waals surface area contributed by atoms with Crippen LogP contribution in [0.15, 0.2) is 76.4 Å². The van der Waals surface area contributed by atoms with Gasteiger partial charge in [-0.05, 0) is 42.3 Å². The van der Waals surface area contributed by atoms with Crippen molar-refractivity contribution in [2.24, 2.45) is 0 Å². The molecule has 0 saturated heterocycles. The summed E-state index contributed by atoms with van der Waals surface area (Å²) in [5, 5.41) is 13.8. The molecule has 1 amide bonds. The number of hydrogen-bond donors (Lipinski definition) is 1. The number of benzene rings is 3. The van der Waals surface area contributed by atoms with E-state index in [9.17, 15) is 4.79 Å². The topological polar surface area (TPSA) is 68.0 Å². The fourth-order valence-electron chi connectivity index (χ4n) is 3.20. The lowest BCUT2D eigenvalue weighted by atomic mass is 10.00. The number of aryl methyl sites for hydroxylation is 1. The first-order chi connectivity index (χ1) is 14.1. The number of thioether (sulfide) groups is 1. The normalized spacial score (nSPS) is 12.1. The number of nitrogens with zero attached hydrogens (tertiary/aromatic N) is 2. The highest BCUT2D eigenvalue weighted by Gasteiger charge is 2.15. The molecule has 5 nitrogen and oxygen atoms in total. The maximum atomic E-state index is 12.4. The van der Waals surface area contributed by atoms with Crippen LogP contribution in [0.5, 0.6) is 0 Å². The molecule has 146 valence electrons. The first kappa shape index (κ1) is 19.2. The van der Waals surface area contributed by atoms with E-state index in [4.69, 9.17) is 4.42 Å². The number of nitrogens with one attached hydrogen (secondary N) is 1. The molecule has 1 atom stereocenters. The van der Waals surface area contributed by atoms with Crippen LogP contribution in [0, 0.1) is 6.92 Å². The van der Waals surface area contributed by atoms with Gasteiger partial charge in [0.2, 0.25) is 11.8 Å². The Labute approximate surface area is 173 Å². The van der Waals surface area contributed by atoms with Gasteiger partial charge in [-0.2, -0.15) is 0 Å². The first-order valence-electron chi connectivity index (χ1n) is 9.40. The number of hydrogen-bond acceptors (Lipinski definition) is 5. The molecule has 0 bridgehead atoms. The monoisotopic (exact) mass is 403 g/mol. The van der Waals surface area contributed by atoms with E-state index in [1.54, 1.807) is 0 Å². The molecule has 1 heterocycles. The lowest BCUT2D eigenvalue weighted by Crippen LogP contribution is -2.28. The molecule has 4 aromatic rings. The van der Waals surface area contributed by atoms with E-state index in [1.165, 1.54) is 17.3 Å². The molecule has 0 spiro atoms. The van der Waals surface area contributed by atoms with Crippen LogP contribution in [0.4, 0.5) is 0 Å². The predicted molar refractivity (Wildman–Crippen MR) is 116 cm³/mol. The second-order valence-corrected chi connectivity index (χ2v) is 7.81. The first-order valence-corrected chi connectivity index (χ1v) is 10.4. The van der Waals surface area contributed by atoms with Crippen molar-refractivity contribution >= 4 is 28.4 Å². The maximum absolute atomic E-state index is 12.4. The molecule has 0 unspecified atom stereocenters. The van der Waals surface area contributed by atoms with E-state index >= 15 is 0 Å². The summed E-state index contributed by atoms with van der Waals surface area (Å²) in [5.41, 5.74) is 3.13. The third-order valence-electron chi connectivity index (χ3n) is 4.70. The largest absolute Gasteiger partial charge is 0.411 e. The van der Waals surface area contributed by atoms with Gasteiger partial charge < -0.3 is 9.73 Å². The van der Waals surface area contributed by atoms with E-state index in [2.05, 4.69) is 33.7 Å². The Bertz CT molecular complexity index is 1130. The highest BCUT2D eigenvalue weighted by Crippen LogP contribution is 2.25. The van der Waals surface area contributed by atoms with Gasteiger partial charge in [0.25, 0.3) is 5.22 Å². The molecular weight excluding hydrogens is 382 g/mol. The Kier molecular flexibility index (Phi) is 5.62. The predicted octanol–water partition coefficient (Wildman–Crippen LogP) is 5.17. The summed E-state index contributed by atoms with van der Waals surface area (Å²) in [5.74, 6) is 0.590. The minimum atomic E-state index is -0.0972. The molecule has 0 aliphatic rings. The fourth-order valence-corrected chi connectivity index (χ4v) is 3.77. The molecule has 0 fully saturated rings. The zero-order valence-corrected chi connectivity index (χ0v) is 17.1. The standard InChI is InChI=1S/C23H21N3O2S/c1-15-10-12-18(13-11-15)22-25-26-23(28-22)29-14-21(27)24-16(2)19-9-5-7-17-6-3-4-8-20(17)19/h3-13,16H,14H2,1-2H3,(H,24,27)/t16-/m0/s1. The molecule has 3 aromatic carbocycles. The zero-order chi connectivity index (χ0) is 20.2. The number of carbonyl (C=O) groups excluding carboxylic acids is 1.